The molecule has 0 saturated heterocycles. The molecule has 0 aliphatic carbocycles. The van der Waals surface area contributed by atoms with Gasteiger partial charge in [0, 0.05) is 4.88 Å². The molecule has 1 atom stereocenters. The van der Waals surface area contributed by atoms with Crippen molar-refractivity contribution < 1.29 is 4.79 Å². The Morgan fingerprint density at radius 3 is 3.15 bits per heavy atom. The lowest BCUT2D eigenvalue weighted by Gasteiger charge is -2.05. The van der Waals surface area contributed by atoms with Crippen molar-refractivity contribution >= 4 is 17.2 Å². The van der Waals surface area contributed by atoms with E-state index in [9.17, 15) is 4.79 Å². The summed E-state index contributed by atoms with van der Waals surface area (Å²) >= 11 is 1.62. The number of carbonyl (C=O) groups is 1. The first kappa shape index (κ1) is 14.7. The molecular weight excluding hydrogens is 274 g/mol. The summed E-state index contributed by atoms with van der Waals surface area (Å²) < 4.78 is 1.52. The first-order chi connectivity index (χ1) is 9.69. The number of amides is 1. The Labute approximate surface area is 122 Å². The van der Waals surface area contributed by atoms with E-state index in [4.69, 9.17) is 5.73 Å². The zero-order valence-electron chi connectivity index (χ0n) is 11.5. The molecule has 0 spiro atoms. The molecule has 0 radical (unpaired) electrons. The SMILES string of the molecule is CCCC(N)c1cn(CC(=O)NCc2cccs2)nn1. The topological polar surface area (TPSA) is 85.8 Å². The molecule has 2 aromatic rings. The molecule has 2 rings (SSSR count). The van der Waals surface area contributed by atoms with Gasteiger partial charge in [0.1, 0.15) is 6.54 Å². The molecule has 0 aliphatic rings. The summed E-state index contributed by atoms with van der Waals surface area (Å²) in [5.41, 5.74) is 6.69. The molecule has 7 heteroatoms. The highest BCUT2D eigenvalue weighted by Crippen LogP contribution is 2.11. The zero-order valence-corrected chi connectivity index (χ0v) is 12.3. The average Bonchev–Trinajstić information content (AvgIpc) is 3.07. The summed E-state index contributed by atoms with van der Waals surface area (Å²) in [4.78, 5) is 12.9. The smallest absolute Gasteiger partial charge is 0.242 e. The van der Waals surface area contributed by atoms with E-state index in [-0.39, 0.29) is 18.5 Å². The molecule has 0 saturated carbocycles. The monoisotopic (exact) mass is 293 g/mol. The van der Waals surface area contributed by atoms with Gasteiger partial charge < -0.3 is 11.1 Å². The first-order valence-electron chi connectivity index (χ1n) is 6.63. The quantitative estimate of drug-likeness (QED) is 0.809. The molecule has 0 aromatic carbocycles. The molecular formula is C13H19N5OS. The molecule has 0 fully saturated rings. The van der Waals surface area contributed by atoms with E-state index in [0.717, 1.165) is 23.4 Å². The predicted molar refractivity (Wildman–Crippen MR) is 78.0 cm³/mol. The first-order valence-corrected chi connectivity index (χ1v) is 7.51. The van der Waals surface area contributed by atoms with E-state index in [1.807, 2.05) is 17.5 Å². The van der Waals surface area contributed by atoms with Crippen LogP contribution in [0.5, 0.6) is 0 Å². The maximum atomic E-state index is 11.8. The Morgan fingerprint density at radius 1 is 1.60 bits per heavy atom. The van der Waals surface area contributed by atoms with E-state index in [0.29, 0.717) is 6.54 Å². The number of nitrogens with one attached hydrogen (secondary N) is 1. The second-order valence-corrected chi connectivity index (χ2v) is 5.62. The second-order valence-electron chi connectivity index (χ2n) is 4.59. The van der Waals surface area contributed by atoms with Crippen molar-refractivity contribution in [3.05, 3.63) is 34.3 Å². The summed E-state index contributed by atoms with van der Waals surface area (Å²) in [6.45, 7) is 2.78. The lowest BCUT2D eigenvalue weighted by atomic mass is 10.1. The van der Waals surface area contributed by atoms with Gasteiger partial charge in [0.05, 0.1) is 24.5 Å². The maximum Gasteiger partial charge on any atom is 0.242 e. The van der Waals surface area contributed by atoms with Crippen LogP contribution in [-0.4, -0.2) is 20.9 Å². The number of nitrogens with two attached hydrogens (primary N) is 1. The van der Waals surface area contributed by atoms with Gasteiger partial charge in [-0.2, -0.15) is 0 Å². The molecule has 108 valence electrons. The van der Waals surface area contributed by atoms with Crippen molar-refractivity contribution in [2.75, 3.05) is 0 Å². The van der Waals surface area contributed by atoms with Gasteiger partial charge in [-0.05, 0) is 17.9 Å². The van der Waals surface area contributed by atoms with Gasteiger partial charge in [0.25, 0.3) is 0 Å². The average molecular weight is 293 g/mol. The molecule has 2 aromatic heterocycles. The summed E-state index contributed by atoms with van der Waals surface area (Å²) in [6.07, 6.45) is 3.60. The van der Waals surface area contributed by atoms with Gasteiger partial charge in [0.2, 0.25) is 5.91 Å². The fraction of sp³-hybridized carbons (Fsp3) is 0.462. The molecule has 2 heterocycles. The lowest BCUT2D eigenvalue weighted by Crippen LogP contribution is -2.27. The lowest BCUT2D eigenvalue weighted by molar-refractivity contribution is -0.122. The highest BCUT2D eigenvalue weighted by Gasteiger charge is 2.11. The van der Waals surface area contributed by atoms with Crippen molar-refractivity contribution in [1.82, 2.24) is 20.3 Å². The van der Waals surface area contributed by atoms with Crippen LogP contribution in [0.25, 0.3) is 0 Å². The van der Waals surface area contributed by atoms with E-state index in [1.54, 1.807) is 17.5 Å². The van der Waals surface area contributed by atoms with Crippen molar-refractivity contribution in [3.8, 4) is 0 Å². The van der Waals surface area contributed by atoms with E-state index >= 15 is 0 Å². The predicted octanol–water partition coefficient (Wildman–Crippen LogP) is 1.46. The second kappa shape index (κ2) is 7.16. The van der Waals surface area contributed by atoms with Crippen LogP contribution in [0.4, 0.5) is 0 Å². The molecule has 0 aliphatic heterocycles. The van der Waals surface area contributed by atoms with Crippen molar-refractivity contribution in [3.63, 3.8) is 0 Å². The molecule has 3 N–H and O–H groups in total. The number of thiophene rings is 1. The van der Waals surface area contributed by atoms with Crippen molar-refractivity contribution in [2.45, 2.75) is 38.9 Å². The minimum absolute atomic E-state index is 0.0843. The van der Waals surface area contributed by atoms with Crippen LogP contribution < -0.4 is 11.1 Å². The summed E-state index contributed by atoms with van der Waals surface area (Å²) in [7, 11) is 0. The van der Waals surface area contributed by atoms with Crippen molar-refractivity contribution in [2.24, 2.45) is 5.73 Å². The number of aromatic nitrogens is 3. The van der Waals surface area contributed by atoms with Crippen LogP contribution in [0.3, 0.4) is 0 Å². The Morgan fingerprint density at radius 2 is 2.45 bits per heavy atom. The Kier molecular flexibility index (Phi) is 5.25. The molecule has 20 heavy (non-hydrogen) atoms. The summed E-state index contributed by atoms with van der Waals surface area (Å²) in [6, 6.07) is 3.84. The van der Waals surface area contributed by atoms with Gasteiger partial charge in [0.15, 0.2) is 0 Å². The van der Waals surface area contributed by atoms with Gasteiger partial charge in [-0.15, -0.1) is 16.4 Å². The minimum atomic E-state index is -0.108. The number of nitrogens with zero attached hydrogens (tertiary/aromatic N) is 3. The third kappa shape index (κ3) is 4.14. The molecule has 1 amide bonds. The largest absolute Gasteiger partial charge is 0.350 e. The highest BCUT2D eigenvalue weighted by atomic mass is 32.1. The van der Waals surface area contributed by atoms with Gasteiger partial charge in [-0.25, -0.2) is 4.68 Å². The van der Waals surface area contributed by atoms with Crippen molar-refractivity contribution in [1.29, 1.82) is 0 Å². The number of rotatable bonds is 7. The van der Waals surface area contributed by atoms with Gasteiger partial charge in [-0.3, -0.25) is 4.79 Å². The van der Waals surface area contributed by atoms with Crippen LogP contribution >= 0.6 is 11.3 Å². The van der Waals surface area contributed by atoms with E-state index in [2.05, 4.69) is 22.6 Å². The van der Waals surface area contributed by atoms with E-state index < -0.39 is 0 Å². The molecule has 6 nitrogen and oxygen atoms in total. The Balaban J connectivity index is 1.82. The standard InChI is InChI=1S/C13H19N5OS/c1-2-4-11(14)12-8-18(17-16-12)9-13(19)15-7-10-5-3-6-20-10/h3,5-6,8,11H,2,4,7,9,14H2,1H3,(H,15,19). The number of hydrogen-bond donors (Lipinski definition) is 2. The fourth-order valence-electron chi connectivity index (χ4n) is 1.82. The van der Waals surface area contributed by atoms with Crippen LogP contribution in [0, 0.1) is 0 Å². The van der Waals surface area contributed by atoms with Gasteiger partial charge in [-0.1, -0.05) is 24.6 Å². The van der Waals surface area contributed by atoms with E-state index in [1.165, 1.54) is 4.68 Å². The third-order valence-electron chi connectivity index (χ3n) is 2.88. The normalized spacial score (nSPS) is 12.3. The van der Waals surface area contributed by atoms with Crippen LogP contribution in [0.1, 0.15) is 36.4 Å². The van der Waals surface area contributed by atoms with Crippen LogP contribution in [-0.2, 0) is 17.9 Å². The Hall–Kier alpha value is -1.73. The van der Waals surface area contributed by atoms with Crippen LogP contribution in [0.15, 0.2) is 23.7 Å². The highest BCUT2D eigenvalue weighted by molar-refractivity contribution is 7.09. The summed E-state index contributed by atoms with van der Waals surface area (Å²) in [5.74, 6) is -0.0843. The number of carbonyl (C=O) groups excluding carboxylic acids is 1. The fourth-order valence-corrected chi connectivity index (χ4v) is 2.47. The zero-order chi connectivity index (χ0) is 14.4. The van der Waals surface area contributed by atoms with Crippen LogP contribution in [0.2, 0.25) is 0 Å². The summed E-state index contributed by atoms with van der Waals surface area (Å²) in [5, 5.41) is 12.8. The maximum absolute atomic E-state index is 11.8. The molecule has 0 bridgehead atoms. The van der Waals surface area contributed by atoms with Gasteiger partial charge >= 0.3 is 0 Å². The minimum Gasteiger partial charge on any atom is -0.350 e. The Bertz CT molecular complexity index is 537. The molecule has 1 unspecified atom stereocenters. The number of hydrogen-bond acceptors (Lipinski definition) is 5. The third-order valence-corrected chi connectivity index (χ3v) is 3.76.